The number of benzene rings is 1. The van der Waals surface area contributed by atoms with E-state index in [2.05, 4.69) is 0 Å². The minimum absolute atomic E-state index is 0.0325. The molecule has 8 nitrogen and oxygen atoms in total. The van der Waals surface area contributed by atoms with E-state index in [1.807, 2.05) is 13.8 Å². The number of nitrogens with zero attached hydrogens (tertiary/aromatic N) is 2. The molecule has 0 unspecified atom stereocenters. The lowest BCUT2D eigenvalue weighted by Gasteiger charge is -2.34. The van der Waals surface area contributed by atoms with E-state index in [0.717, 1.165) is 0 Å². The zero-order valence-electron chi connectivity index (χ0n) is 19.5. The van der Waals surface area contributed by atoms with Gasteiger partial charge >= 0.3 is 5.97 Å². The number of carbonyl (C=O) groups is 3. The number of fused-ring (bicyclic) bond motifs is 1. The smallest absolute Gasteiger partial charge is 0.309 e. The Labute approximate surface area is 195 Å². The van der Waals surface area contributed by atoms with Crippen LogP contribution in [0, 0.1) is 5.92 Å². The average molecular weight is 477 g/mol. The van der Waals surface area contributed by atoms with Gasteiger partial charge in [0.15, 0.2) is 4.91 Å². The van der Waals surface area contributed by atoms with Gasteiger partial charge in [-0.2, -0.15) is 4.31 Å². The van der Waals surface area contributed by atoms with Crippen molar-refractivity contribution in [3.8, 4) is 0 Å². The Balaban J connectivity index is 2.05. The molecule has 0 N–H and O–H groups in total. The van der Waals surface area contributed by atoms with Crippen LogP contribution in [-0.2, 0) is 19.6 Å². The van der Waals surface area contributed by atoms with Crippen molar-refractivity contribution >= 4 is 27.6 Å². The first-order chi connectivity index (χ1) is 15.8. The summed E-state index contributed by atoms with van der Waals surface area (Å²) in [5, 5.41) is 0. The maximum absolute atomic E-state index is 13.8. The fraction of sp³-hybridized carbons (Fsp3) is 0.542. The summed E-state index contributed by atoms with van der Waals surface area (Å²) in [7, 11) is -4.25. The lowest BCUT2D eigenvalue weighted by Crippen LogP contribution is -2.45. The van der Waals surface area contributed by atoms with Crippen LogP contribution in [0.4, 0.5) is 0 Å². The van der Waals surface area contributed by atoms with Crippen LogP contribution in [-0.4, -0.2) is 67.9 Å². The number of carbonyl (C=O) groups excluding carboxylic acids is 3. The molecule has 1 aliphatic carbocycles. The average Bonchev–Trinajstić information content (AvgIpc) is 2.81. The summed E-state index contributed by atoms with van der Waals surface area (Å²) >= 11 is 0. The third-order valence-corrected chi connectivity index (χ3v) is 7.97. The molecule has 1 aromatic rings. The van der Waals surface area contributed by atoms with Gasteiger partial charge in [0.25, 0.3) is 0 Å². The quantitative estimate of drug-likeness (QED) is 0.505. The van der Waals surface area contributed by atoms with E-state index in [4.69, 9.17) is 4.74 Å². The molecule has 33 heavy (non-hydrogen) atoms. The second-order valence-electron chi connectivity index (χ2n) is 8.30. The summed E-state index contributed by atoms with van der Waals surface area (Å²) in [5.74, 6) is -1.78. The summed E-state index contributed by atoms with van der Waals surface area (Å²) in [6.45, 7) is 7.01. The van der Waals surface area contributed by atoms with Crippen molar-refractivity contribution in [2.75, 3.05) is 32.8 Å². The Hall–Kier alpha value is -2.52. The van der Waals surface area contributed by atoms with Crippen LogP contribution in [0.15, 0.2) is 34.9 Å². The van der Waals surface area contributed by atoms with Crippen molar-refractivity contribution < 1.29 is 27.5 Å². The maximum Gasteiger partial charge on any atom is 0.309 e. The van der Waals surface area contributed by atoms with Crippen LogP contribution in [0.25, 0.3) is 0 Å². The summed E-state index contributed by atoms with van der Waals surface area (Å²) < 4.78 is 33.9. The Bertz CT molecular complexity index is 1050. The maximum atomic E-state index is 13.8. The first-order valence-corrected chi connectivity index (χ1v) is 13.1. The first kappa shape index (κ1) is 25.1. The zero-order valence-corrected chi connectivity index (χ0v) is 20.3. The second kappa shape index (κ2) is 10.6. The Morgan fingerprint density at radius 1 is 1.00 bits per heavy atom. The van der Waals surface area contributed by atoms with E-state index < -0.39 is 26.5 Å². The van der Waals surface area contributed by atoms with E-state index in [1.165, 1.54) is 10.4 Å². The molecule has 0 amide bonds. The van der Waals surface area contributed by atoms with Crippen molar-refractivity contribution in [3.63, 3.8) is 0 Å². The minimum Gasteiger partial charge on any atom is -0.466 e. The van der Waals surface area contributed by atoms with Crippen molar-refractivity contribution in [1.29, 1.82) is 0 Å². The summed E-state index contributed by atoms with van der Waals surface area (Å²) in [5.41, 5.74) is 0.309. The van der Waals surface area contributed by atoms with Crippen LogP contribution < -0.4 is 0 Å². The molecular weight excluding hydrogens is 444 g/mol. The molecule has 0 radical (unpaired) electrons. The number of hydrogen-bond donors (Lipinski definition) is 0. The Kier molecular flexibility index (Phi) is 8.07. The van der Waals surface area contributed by atoms with E-state index in [9.17, 15) is 22.8 Å². The predicted octanol–water partition coefficient (Wildman–Crippen LogP) is 3.00. The van der Waals surface area contributed by atoms with Gasteiger partial charge in [-0.05, 0) is 32.6 Å². The van der Waals surface area contributed by atoms with E-state index in [1.54, 1.807) is 30.0 Å². The van der Waals surface area contributed by atoms with Gasteiger partial charge in [0.05, 0.1) is 12.5 Å². The number of hydrogen-bond acceptors (Lipinski definition) is 7. The fourth-order valence-electron chi connectivity index (χ4n) is 4.46. The van der Waals surface area contributed by atoms with Gasteiger partial charge in [0.2, 0.25) is 21.6 Å². The molecule has 1 aromatic carbocycles. The molecular formula is C24H32N2O6S. The van der Waals surface area contributed by atoms with E-state index >= 15 is 0 Å². The number of rotatable bonds is 9. The van der Waals surface area contributed by atoms with Gasteiger partial charge in [-0.25, -0.2) is 8.42 Å². The van der Waals surface area contributed by atoms with Gasteiger partial charge in [-0.1, -0.05) is 38.1 Å². The van der Waals surface area contributed by atoms with Crippen molar-refractivity contribution in [2.45, 2.75) is 46.5 Å². The highest BCUT2D eigenvalue weighted by Crippen LogP contribution is 2.34. The van der Waals surface area contributed by atoms with Gasteiger partial charge in [-0.3, -0.25) is 14.4 Å². The lowest BCUT2D eigenvalue weighted by molar-refractivity contribution is -0.149. The van der Waals surface area contributed by atoms with Crippen LogP contribution in [0.1, 0.15) is 67.2 Å². The van der Waals surface area contributed by atoms with Gasteiger partial charge in [-0.15, -0.1) is 0 Å². The molecule has 0 spiro atoms. The predicted molar refractivity (Wildman–Crippen MR) is 124 cm³/mol. The number of piperidine rings is 1. The van der Waals surface area contributed by atoms with Crippen molar-refractivity contribution in [1.82, 2.24) is 9.21 Å². The van der Waals surface area contributed by atoms with Gasteiger partial charge < -0.3 is 9.64 Å². The highest BCUT2D eigenvalue weighted by atomic mass is 32.2. The number of esters is 1. The number of ether oxygens (including phenoxy) is 1. The fourth-order valence-corrected chi connectivity index (χ4v) is 6.22. The number of allylic oxidation sites excluding steroid dienone is 2. The Morgan fingerprint density at radius 3 is 2.06 bits per heavy atom. The van der Waals surface area contributed by atoms with Crippen LogP contribution >= 0.6 is 0 Å². The highest BCUT2D eigenvalue weighted by Gasteiger charge is 2.44. The largest absolute Gasteiger partial charge is 0.466 e. The molecule has 3 rings (SSSR count). The highest BCUT2D eigenvalue weighted by molar-refractivity contribution is 7.94. The monoisotopic (exact) mass is 476 g/mol. The molecule has 1 aliphatic heterocycles. The molecule has 180 valence electrons. The third-order valence-electron chi connectivity index (χ3n) is 6.03. The molecule has 0 saturated carbocycles. The second-order valence-corrected chi connectivity index (χ2v) is 10.2. The molecule has 0 bridgehead atoms. The molecule has 0 aromatic heterocycles. The van der Waals surface area contributed by atoms with Crippen molar-refractivity contribution in [2.24, 2.45) is 5.92 Å². The summed E-state index contributed by atoms with van der Waals surface area (Å²) in [6.07, 6.45) is 2.02. The number of Topliss-reactive ketones (excluding diaryl/α,β-unsaturated/α-hetero) is 2. The molecule has 1 heterocycles. The summed E-state index contributed by atoms with van der Waals surface area (Å²) in [4.78, 5) is 40.4. The Morgan fingerprint density at radius 2 is 1.55 bits per heavy atom. The van der Waals surface area contributed by atoms with Gasteiger partial charge in [0.1, 0.15) is 5.70 Å². The number of ketones is 2. The van der Waals surface area contributed by atoms with Crippen LogP contribution in [0.3, 0.4) is 0 Å². The van der Waals surface area contributed by atoms with E-state index in [0.29, 0.717) is 38.8 Å². The normalized spacial score (nSPS) is 17.8. The minimum atomic E-state index is -4.25. The lowest BCUT2D eigenvalue weighted by atomic mass is 9.91. The molecule has 9 heteroatoms. The van der Waals surface area contributed by atoms with E-state index in [-0.39, 0.29) is 48.4 Å². The van der Waals surface area contributed by atoms with Crippen molar-refractivity contribution in [3.05, 3.63) is 46.0 Å². The molecule has 1 fully saturated rings. The molecule has 2 aliphatic rings. The van der Waals surface area contributed by atoms with Crippen LogP contribution in [0.2, 0.25) is 0 Å². The SMILES string of the molecule is CCCN(CCC)C1=C(S(=O)(=O)N2CCC(C(=O)OCC)CC2)C(=O)c2ccccc2C1=O. The summed E-state index contributed by atoms with van der Waals surface area (Å²) in [6, 6.07) is 6.36. The zero-order chi connectivity index (χ0) is 24.2. The molecule has 0 atom stereocenters. The molecule has 1 saturated heterocycles. The van der Waals surface area contributed by atoms with Crippen LogP contribution in [0.5, 0.6) is 0 Å². The van der Waals surface area contributed by atoms with Gasteiger partial charge in [0, 0.05) is 37.3 Å². The topological polar surface area (TPSA) is 101 Å². The standard InChI is InChI=1S/C24H32N2O6S/c1-4-13-25(14-5-2)20-21(27)18-9-7-8-10-19(18)22(28)23(20)33(30,31)26-15-11-17(12-16-26)24(29)32-6-3/h7-10,17H,4-6,11-16H2,1-3H3. The first-order valence-electron chi connectivity index (χ1n) is 11.6. The number of sulfonamides is 1. The third kappa shape index (κ3) is 4.89.